The lowest BCUT2D eigenvalue weighted by atomic mass is 10.1. The molecule has 0 unspecified atom stereocenters. The predicted molar refractivity (Wildman–Crippen MR) is 115 cm³/mol. The van der Waals surface area contributed by atoms with E-state index < -0.39 is 0 Å². The lowest BCUT2D eigenvalue weighted by Gasteiger charge is -2.07. The van der Waals surface area contributed by atoms with Gasteiger partial charge in [-0.1, -0.05) is 35.3 Å². The van der Waals surface area contributed by atoms with Gasteiger partial charge >= 0.3 is 0 Å². The minimum atomic E-state index is -0.369. The maximum absolute atomic E-state index is 12.6. The maximum Gasteiger partial charge on any atom is 0.261 e. The Kier molecular flexibility index (Phi) is 5.20. The Morgan fingerprint density at radius 1 is 1.32 bits per heavy atom. The van der Waals surface area contributed by atoms with Crippen LogP contribution >= 0.6 is 45.9 Å². The fraction of sp³-hybridized carbons (Fsp3) is 0.111. The molecule has 4 aromatic rings. The number of anilines is 1. The molecule has 0 aliphatic heterocycles. The molecule has 0 fully saturated rings. The summed E-state index contributed by atoms with van der Waals surface area (Å²) in [5.41, 5.74) is 2.64. The fourth-order valence-electron chi connectivity index (χ4n) is 2.73. The molecule has 3 aromatic heterocycles. The second kappa shape index (κ2) is 7.63. The maximum atomic E-state index is 12.6. The number of aryl methyl sites for hydroxylation is 1. The number of fused-ring (bicyclic) bond motifs is 1. The molecule has 0 aliphatic carbocycles. The molecule has 0 atom stereocenters. The van der Waals surface area contributed by atoms with Crippen molar-refractivity contribution < 1.29 is 4.79 Å². The molecule has 142 valence electrons. The highest BCUT2D eigenvalue weighted by Crippen LogP contribution is 2.38. The number of nitrogens with zero attached hydrogens (tertiary/aromatic N) is 3. The molecule has 3 heterocycles. The highest BCUT2D eigenvalue weighted by Gasteiger charge is 2.14. The van der Waals surface area contributed by atoms with E-state index in [4.69, 9.17) is 23.2 Å². The van der Waals surface area contributed by atoms with Crippen LogP contribution in [-0.4, -0.2) is 20.4 Å². The SMILES string of the molecule is Cc1cccc2c(=O)n(CC(=O)Nc3nc(-c4cc(Cl)sc4Cl)cs3)cnc12. The summed E-state index contributed by atoms with van der Waals surface area (Å²) < 4.78 is 2.38. The summed E-state index contributed by atoms with van der Waals surface area (Å²) in [6.45, 7) is 1.73. The number of amides is 1. The lowest BCUT2D eigenvalue weighted by Crippen LogP contribution is -2.28. The number of hydrogen-bond acceptors (Lipinski definition) is 6. The van der Waals surface area contributed by atoms with Gasteiger partial charge in [-0.25, -0.2) is 9.97 Å². The van der Waals surface area contributed by atoms with Crippen LogP contribution in [0.4, 0.5) is 5.13 Å². The third kappa shape index (κ3) is 3.68. The predicted octanol–water partition coefficient (Wildman–Crippen LogP) is 4.84. The molecule has 0 radical (unpaired) electrons. The van der Waals surface area contributed by atoms with E-state index >= 15 is 0 Å². The quantitative estimate of drug-likeness (QED) is 0.482. The first kappa shape index (κ1) is 19.1. The summed E-state index contributed by atoms with van der Waals surface area (Å²) in [6, 6.07) is 7.12. The van der Waals surface area contributed by atoms with Gasteiger partial charge in [0.15, 0.2) is 5.13 Å². The molecule has 0 saturated carbocycles. The molecule has 1 aromatic carbocycles. The van der Waals surface area contributed by atoms with Crippen molar-refractivity contribution in [1.29, 1.82) is 0 Å². The Labute approximate surface area is 177 Å². The number of thiophene rings is 1. The van der Waals surface area contributed by atoms with Gasteiger partial charge in [0.2, 0.25) is 5.91 Å². The van der Waals surface area contributed by atoms with Crippen LogP contribution in [0, 0.1) is 6.92 Å². The van der Waals surface area contributed by atoms with Crippen LogP contribution in [0.25, 0.3) is 22.2 Å². The number of thiazole rings is 1. The van der Waals surface area contributed by atoms with Crippen molar-refractivity contribution in [2.45, 2.75) is 13.5 Å². The number of carbonyl (C=O) groups is 1. The van der Waals surface area contributed by atoms with E-state index in [-0.39, 0.29) is 18.0 Å². The summed E-state index contributed by atoms with van der Waals surface area (Å²) in [7, 11) is 0. The first-order valence-electron chi connectivity index (χ1n) is 8.07. The van der Waals surface area contributed by atoms with Gasteiger partial charge in [-0.05, 0) is 24.6 Å². The Balaban J connectivity index is 1.53. The zero-order valence-corrected chi connectivity index (χ0v) is 17.5. The van der Waals surface area contributed by atoms with E-state index in [9.17, 15) is 9.59 Å². The summed E-state index contributed by atoms with van der Waals surface area (Å²) in [5.74, 6) is -0.369. The number of carbonyl (C=O) groups excluding carboxylic acids is 1. The molecule has 10 heteroatoms. The third-order valence-electron chi connectivity index (χ3n) is 4.05. The van der Waals surface area contributed by atoms with Crippen molar-refractivity contribution in [2.75, 3.05) is 5.32 Å². The van der Waals surface area contributed by atoms with Gasteiger partial charge in [0.25, 0.3) is 5.56 Å². The van der Waals surface area contributed by atoms with E-state index in [0.717, 1.165) is 11.1 Å². The zero-order chi connectivity index (χ0) is 19.8. The van der Waals surface area contributed by atoms with E-state index in [1.54, 1.807) is 23.6 Å². The molecular formula is C18H12Cl2N4O2S2. The molecule has 4 rings (SSSR count). The summed E-state index contributed by atoms with van der Waals surface area (Å²) in [6.07, 6.45) is 1.39. The van der Waals surface area contributed by atoms with Crippen LogP contribution in [0.2, 0.25) is 8.67 Å². The van der Waals surface area contributed by atoms with Gasteiger partial charge < -0.3 is 5.32 Å². The molecule has 1 amide bonds. The summed E-state index contributed by atoms with van der Waals surface area (Å²) in [5, 5.41) is 5.38. The molecular weight excluding hydrogens is 439 g/mol. The van der Waals surface area contributed by atoms with Crippen LogP contribution in [0.5, 0.6) is 0 Å². The van der Waals surface area contributed by atoms with Crippen LogP contribution in [0.1, 0.15) is 5.56 Å². The number of para-hydroxylation sites is 1. The molecule has 28 heavy (non-hydrogen) atoms. The lowest BCUT2D eigenvalue weighted by molar-refractivity contribution is -0.116. The third-order valence-corrected chi connectivity index (χ3v) is 6.30. The van der Waals surface area contributed by atoms with E-state index in [0.29, 0.717) is 30.4 Å². The van der Waals surface area contributed by atoms with Crippen LogP contribution in [-0.2, 0) is 11.3 Å². The Hall–Kier alpha value is -2.26. The van der Waals surface area contributed by atoms with Gasteiger partial charge in [-0.2, -0.15) is 0 Å². The molecule has 1 N–H and O–H groups in total. The average Bonchev–Trinajstić information content (AvgIpc) is 3.23. The number of nitrogens with one attached hydrogen (secondary N) is 1. The van der Waals surface area contributed by atoms with Crippen LogP contribution in [0.15, 0.2) is 40.8 Å². The van der Waals surface area contributed by atoms with Crippen molar-refractivity contribution in [1.82, 2.24) is 14.5 Å². The van der Waals surface area contributed by atoms with E-state index in [1.807, 2.05) is 13.0 Å². The number of rotatable bonds is 4. The van der Waals surface area contributed by atoms with Crippen molar-refractivity contribution in [3.8, 4) is 11.3 Å². The normalized spacial score (nSPS) is 11.1. The summed E-state index contributed by atoms with van der Waals surface area (Å²) >= 11 is 14.6. The van der Waals surface area contributed by atoms with E-state index in [1.165, 1.54) is 33.6 Å². The molecule has 0 saturated heterocycles. The van der Waals surface area contributed by atoms with Crippen molar-refractivity contribution in [2.24, 2.45) is 0 Å². The number of benzene rings is 1. The molecule has 6 nitrogen and oxygen atoms in total. The monoisotopic (exact) mass is 450 g/mol. The smallest absolute Gasteiger partial charge is 0.261 e. The minimum Gasteiger partial charge on any atom is -0.300 e. The Morgan fingerprint density at radius 3 is 2.89 bits per heavy atom. The number of hydrogen-bond donors (Lipinski definition) is 1. The zero-order valence-electron chi connectivity index (χ0n) is 14.4. The fourth-order valence-corrected chi connectivity index (χ4v) is 4.94. The highest BCUT2D eigenvalue weighted by molar-refractivity contribution is 7.20. The van der Waals surface area contributed by atoms with Crippen molar-refractivity contribution >= 4 is 67.8 Å². The van der Waals surface area contributed by atoms with Gasteiger partial charge in [-0.15, -0.1) is 22.7 Å². The highest BCUT2D eigenvalue weighted by atomic mass is 35.5. The first-order chi connectivity index (χ1) is 13.4. The van der Waals surface area contributed by atoms with Crippen molar-refractivity contribution in [3.05, 3.63) is 60.6 Å². The van der Waals surface area contributed by atoms with Crippen LogP contribution in [0.3, 0.4) is 0 Å². The van der Waals surface area contributed by atoms with Gasteiger partial charge in [0.1, 0.15) is 10.9 Å². The molecule has 0 bridgehead atoms. The van der Waals surface area contributed by atoms with Gasteiger partial charge in [0, 0.05) is 10.9 Å². The second-order valence-electron chi connectivity index (χ2n) is 5.97. The number of aromatic nitrogens is 3. The van der Waals surface area contributed by atoms with Crippen LogP contribution < -0.4 is 10.9 Å². The van der Waals surface area contributed by atoms with Gasteiger partial charge in [0.05, 0.1) is 27.3 Å². The van der Waals surface area contributed by atoms with E-state index in [2.05, 4.69) is 15.3 Å². The standard InChI is InChI=1S/C18H12Cl2N4O2S2/c1-9-3-2-4-10-15(9)21-8-24(17(10)26)6-14(25)23-18-22-12(7-27-18)11-5-13(19)28-16(11)20/h2-5,7-8H,6H2,1H3,(H,22,23,25). The molecule has 0 spiro atoms. The largest absolute Gasteiger partial charge is 0.300 e. The first-order valence-corrected chi connectivity index (χ1v) is 10.5. The molecule has 0 aliphatic rings. The summed E-state index contributed by atoms with van der Waals surface area (Å²) in [4.78, 5) is 33.6. The van der Waals surface area contributed by atoms with Crippen molar-refractivity contribution in [3.63, 3.8) is 0 Å². The Morgan fingerprint density at radius 2 is 2.14 bits per heavy atom. The van der Waals surface area contributed by atoms with Gasteiger partial charge in [-0.3, -0.25) is 14.2 Å². The Bertz CT molecular complexity index is 1260. The average molecular weight is 451 g/mol. The second-order valence-corrected chi connectivity index (χ2v) is 9.12. The topological polar surface area (TPSA) is 76.9 Å². The number of halogens is 2. The minimum absolute atomic E-state index is 0.157.